The maximum Gasteiger partial charge on any atom is 0.112 e. The topological polar surface area (TPSA) is 34.3 Å². The third kappa shape index (κ3) is 4.78. The molecule has 2 saturated heterocycles. The maximum atomic E-state index is 6.62. The molecule has 2 fully saturated rings. The van der Waals surface area contributed by atoms with Crippen LogP contribution in [0, 0.1) is 0 Å². The van der Waals surface area contributed by atoms with Gasteiger partial charge in [-0.3, -0.25) is 0 Å². The van der Waals surface area contributed by atoms with Gasteiger partial charge in [0.15, 0.2) is 0 Å². The lowest BCUT2D eigenvalue weighted by molar-refractivity contribution is -0.0419. The molecule has 0 N–H and O–H groups in total. The first-order valence-corrected chi connectivity index (χ1v) is 10.3. The Hall–Kier alpha value is -1.68. The van der Waals surface area contributed by atoms with Crippen LogP contribution in [0.4, 0.5) is 0 Å². The summed E-state index contributed by atoms with van der Waals surface area (Å²) in [6.07, 6.45) is 4.81. The zero-order chi connectivity index (χ0) is 18.6. The average molecular weight is 367 g/mol. The fourth-order valence-electron chi connectivity index (χ4n) is 3.71. The van der Waals surface area contributed by atoms with Gasteiger partial charge in [-0.05, 0) is 35.1 Å². The molecule has 4 atom stereocenters. The van der Waals surface area contributed by atoms with Crippen molar-refractivity contribution in [1.82, 2.24) is 0 Å². The molecule has 144 valence electrons. The lowest BCUT2D eigenvalue weighted by atomic mass is 10.0. The molecule has 0 saturated carbocycles. The summed E-state index contributed by atoms with van der Waals surface area (Å²) in [4.78, 5) is 0. The fourth-order valence-corrected chi connectivity index (χ4v) is 3.71. The molecular weight excluding hydrogens is 336 g/mol. The Balaban J connectivity index is 1.51. The number of hydrogen-bond donors (Lipinski definition) is 0. The Kier molecular flexibility index (Phi) is 5.92. The normalized spacial score (nSPS) is 23.0. The SMILES string of the molecule is CCCc1ccc(C(OC(c2ccc(CCC)cc2)C2CO2)C2CO2)cc1. The van der Waals surface area contributed by atoms with Crippen LogP contribution in [-0.2, 0) is 27.1 Å². The highest BCUT2D eigenvalue weighted by Gasteiger charge is 2.42. The quantitative estimate of drug-likeness (QED) is 0.543. The molecule has 2 aliphatic rings. The zero-order valence-electron chi connectivity index (χ0n) is 16.4. The second-order valence-electron chi connectivity index (χ2n) is 7.70. The van der Waals surface area contributed by atoms with E-state index >= 15 is 0 Å². The number of ether oxygens (including phenoxy) is 3. The van der Waals surface area contributed by atoms with Crippen molar-refractivity contribution in [3.8, 4) is 0 Å². The van der Waals surface area contributed by atoms with Crippen molar-refractivity contribution >= 4 is 0 Å². The Bertz CT molecular complexity index is 651. The monoisotopic (exact) mass is 366 g/mol. The van der Waals surface area contributed by atoms with Gasteiger partial charge in [0, 0.05) is 0 Å². The van der Waals surface area contributed by atoms with Gasteiger partial charge in [0.1, 0.15) is 24.4 Å². The predicted molar refractivity (Wildman–Crippen MR) is 107 cm³/mol. The van der Waals surface area contributed by atoms with Crippen LogP contribution in [0.1, 0.15) is 61.2 Å². The highest BCUT2D eigenvalue weighted by molar-refractivity contribution is 5.28. The van der Waals surface area contributed by atoms with Crippen molar-refractivity contribution in [1.29, 1.82) is 0 Å². The summed E-state index contributed by atoms with van der Waals surface area (Å²) in [5, 5.41) is 0. The van der Waals surface area contributed by atoms with E-state index in [1.807, 2.05) is 0 Å². The fraction of sp³-hybridized carbons (Fsp3) is 0.500. The van der Waals surface area contributed by atoms with Crippen molar-refractivity contribution < 1.29 is 14.2 Å². The molecule has 3 heteroatoms. The molecule has 2 aromatic rings. The van der Waals surface area contributed by atoms with E-state index in [0.29, 0.717) is 0 Å². The summed E-state index contributed by atoms with van der Waals surface area (Å²) in [6, 6.07) is 17.7. The van der Waals surface area contributed by atoms with E-state index in [-0.39, 0.29) is 24.4 Å². The summed E-state index contributed by atoms with van der Waals surface area (Å²) in [5.74, 6) is 0. The van der Waals surface area contributed by atoms with Gasteiger partial charge in [0.05, 0.1) is 13.2 Å². The molecule has 0 bridgehead atoms. The standard InChI is InChI=1S/C24H30O3/c1-3-5-17-7-11-19(12-8-17)23(21-15-25-21)27-24(22-16-26-22)20-13-9-18(6-4-2)10-14-20/h7-14,21-24H,3-6,15-16H2,1-2H3. The van der Waals surface area contributed by atoms with Crippen LogP contribution in [0.25, 0.3) is 0 Å². The third-order valence-corrected chi connectivity index (χ3v) is 5.38. The van der Waals surface area contributed by atoms with E-state index in [0.717, 1.165) is 26.1 Å². The summed E-state index contributed by atoms with van der Waals surface area (Å²) in [6.45, 7) is 5.97. The number of aryl methyl sites for hydroxylation is 2. The number of hydrogen-bond acceptors (Lipinski definition) is 3. The molecule has 0 radical (unpaired) electrons. The summed E-state index contributed by atoms with van der Waals surface area (Å²) >= 11 is 0. The number of rotatable bonds is 10. The summed E-state index contributed by atoms with van der Waals surface area (Å²) in [7, 11) is 0. The molecular formula is C24H30O3. The first-order chi connectivity index (χ1) is 13.3. The maximum absolute atomic E-state index is 6.62. The molecule has 27 heavy (non-hydrogen) atoms. The van der Waals surface area contributed by atoms with Crippen LogP contribution in [0.3, 0.4) is 0 Å². The van der Waals surface area contributed by atoms with E-state index < -0.39 is 0 Å². The van der Waals surface area contributed by atoms with E-state index in [4.69, 9.17) is 14.2 Å². The lowest BCUT2D eigenvalue weighted by Crippen LogP contribution is -2.19. The van der Waals surface area contributed by atoms with Gasteiger partial charge in [-0.25, -0.2) is 0 Å². The average Bonchev–Trinajstić information content (AvgIpc) is 3.59. The Morgan fingerprint density at radius 2 is 1.11 bits per heavy atom. The van der Waals surface area contributed by atoms with E-state index in [2.05, 4.69) is 62.4 Å². The minimum Gasteiger partial charge on any atom is -0.370 e. The van der Waals surface area contributed by atoms with Crippen molar-refractivity contribution in [2.45, 2.75) is 63.9 Å². The molecule has 2 heterocycles. The number of epoxide rings is 2. The molecule has 0 spiro atoms. The highest BCUT2D eigenvalue weighted by atomic mass is 16.6. The van der Waals surface area contributed by atoms with Gasteiger partial charge >= 0.3 is 0 Å². The van der Waals surface area contributed by atoms with Crippen LogP contribution in [0.2, 0.25) is 0 Å². The van der Waals surface area contributed by atoms with Crippen molar-refractivity contribution in [3.63, 3.8) is 0 Å². The van der Waals surface area contributed by atoms with Crippen LogP contribution >= 0.6 is 0 Å². The first-order valence-electron chi connectivity index (χ1n) is 10.3. The lowest BCUT2D eigenvalue weighted by Gasteiger charge is -2.24. The molecule has 0 aliphatic carbocycles. The largest absolute Gasteiger partial charge is 0.370 e. The molecule has 3 nitrogen and oxygen atoms in total. The van der Waals surface area contributed by atoms with Crippen molar-refractivity contribution in [2.75, 3.05) is 13.2 Å². The van der Waals surface area contributed by atoms with Gasteiger partial charge < -0.3 is 14.2 Å². The van der Waals surface area contributed by atoms with E-state index in [9.17, 15) is 0 Å². The minimum absolute atomic E-state index is 0.0369. The van der Waals surface area contributed by atoms with Gasteiger partial charge in [0.2, 0.25) is 0 Å². The smallest absolute Gasteiger partial charge is 0.112 e. The van der Waals surface area contributed by atoms with Crippen molar-refractivity contribution in [2.24, 2.45) is 0 Å². The third-order valence-electron chi connectivity index (χ3n) is 5.38. The molecule has 2 aromatic carbocycles. The molecule has 4 rings (SSSR count). The highest BCUT2D eigenvalue weighted by Crippen LogP contribution is 2.40. The van der Waals surface area contributed by atoms with Crippen LogP contribution in [-0.4, -0.2) is 25.4 Å². The van der Waals surface area contributed by atoms with Gasteiger partial charge in [-0.2, -0.15) is 0 Å². The van der Waals surface area contributed by atoms with Gasteiger partial charge in [0.25, 0.3) is 0 Å². The second-order valence-corrected chi connectivity index (χ2v) is 7.70. The predicted octanol–water partition coefficient (Wildman–Crippen LogP) is 5.19. The van der Waals surface area contributed by atoms with Gasteiger partial charge in [-0.1, -0.05) is 75.2 Å². The minimum atomic E-state index is -0.0369. The van der Waals surface area contributed by atoms with Crippen LogP contribution in [0.15, 0.2) is 48.5 Å². The Morgan fingerprint density at radius 3 is 1.41 bits per heavy atom. The molecule has 0 amide bonds. The second kappa shape index (κ2) is 8.55. The summed E-state index contributed by atoms with van der Waals surface area (Å²) in [5.41, 5.74) is 5.16. The van der Waals surface area contributed by atoms with Gasteiger partial charge in [-0.15, -0.1) is 0 Å². The Labute approximate surface area is 162 Å². The molecule has 4 unspecified atom stereocenters. The van der Waals surface area contributed by atoms with E-state index in [1.54, 1.807) is 0 Å². The molecule has 2 aliphatic heterocycles. The van der Waals surface area contributed by atoms with Crippen molar-refractivity contribution in [3.05, 3.63) is 70.8 Å². The van der Waals surface area contributed by atoms with E-state index in [1.165, 1.54) is 35.1 Å². The van der Waals surface area contributed by atoms with Crippen LogP contribution < -0.4 is 0 Å². The Morgan fingerprint density at radius 1 is 0.741 bits per heavy atom. The zero-order valence-corrected chi connectivity index (χ0v) is 16.4. The first kappa shape index (κ1) is 18.7. The number of benzene rings is 2. The molecule has 0 aromatic heterocycles. The summed E-state index contributed by atoms with van der Waals surface area (Å²) < 4.78 is 17.9. The van der Waals surface area contributed by atoms with Crippen LogP contribution in [0.5, 0.6) is 0 Å².